The Bertz CT molecular complexity index is 1210. The molecule has 0 aromatic heterocycles. The minimum atomic E-state index is -0.257. The van der Waals surface area contributed by atoms with E-state index in [4.69, 9.17) is 21.1 Å². The van der Waals surface area contributed by atoms with Gasteiger partial charge in [-0.1, -0.05) is 71.8 Å². The lowest BCUT2D eigenvalue weighted by molar-refractivity contribution is -0.902. The summed E-state index contributed by atoms with van der Waals surface area (Å²) in [6.45, 7) is 6.35. The van der Waals surface area contributed by atoms with Gasteiger partial charge in [-0.05, 0) is 42.3 Å². The molecule has 0 bridgehead atoms. The molecule has 3 aromatic carbocycles. The molecule has 0 aliphatic carbocycles. The fourth-order valence-electron chi connectivity index (χ4n) is 4.62. The van der Waals surface area contributed by atoms with E-state index in [1.165, 1.54) is 22.6 Å². The average Bonchev–Trinajstić information content (AvgIpc) is 2.99. The zero-order valence-corrected chi connectivity index (χ0v) is 19.9. The fraction of sp³-hybridized carbons (Fsp3) is 0.241. The van der Waals surface area contributed by atoms with Gasteiger partial charge in [-0.3, -0.25) is 0 Å². The summed E-state index contributed by atoms with van der Waals surface area (Å²) in [6, 6.07) is 22.9. The molecule has 3 nitrogen and oxygen atoms in total. The number of allylic oxidation sites excluding steroid dienone is 2. The van der Waals surface area contributed by atoms with Crippen LogP contribution in [0.4, 0.5) is 4.39 Å². The number of halogens is 2. The maximum absolute atomic E-state index is 13.8. The number of hydrogen-bond donors (Lipinski definition) is 1. The molecule has 2 heterocycles. The first-order chi connectivity index (χ1) is 16.6. The van der Waals surface area contributed by atoms with Gasteiger partial charge in [0.25, 0.3) is 0 Å². The molecule has 5 rings (SSSR count). The number of benzene rings is 3. The van der Waals surface area contributed by atoms with Crippen LogP contribution in [0.15, 0.2) is 89.5 Å². The summed E-state index contributed by atoms with van der Waals surface area (Å²) >= 11 is 7.19. The molecular weight excluding hydrogens is 449 g/mol. The van der Waals surface area contributed by atoms with Gasteiger partial charge in [-0.2, -0.15) is 0 Å². The third-order valence-electron chi connectivity index (χ3n) is 6.53. The van der Waals surface area contributed by atoms with Crippen molar-refractivity contribution in [3.05, 3.63) is 118 Å². The molecule has 0 spiro atoms. The molecule has 2 aliphatic heterocycles. The highest BCUT2D eigenvalue weighted by molar-refractivity contribution is 6.35. The van der Waals surface area contributed by atoms with Crippen LogP contribution in [0.3, 0.4) is 0 Å². The van der Waals surface area contributed by atoms with Crippen molar-refractivity contribution in [1.82, 2.24) is 0 Å². The zero-order valence-electron chi connectivity index (χ0n) is 19.2. The molecule has 2 aliphatic rings. The molecular formula is C29H28ClFNO2+. The Morgan fingerprint density at radius 3 is 2.41 bits per heavy atom. The van der Waals surface area contributed by atoms with Crippen molar-refractivity contribution < 1.29 is 18.8 Å². The Morgan fingerprint density at radius 1 is 0.971 bits per heavy atom. The van der Waals surface area contributed by atoms with Gasteiger partial charge < -0.3 is 14.4 Å². The van der Waals surface area contributed by atoms with E-state index in [1.54, 1.807) is 0 Å². The molecule has 174 valence electrons. The molecule has 3 aromatic rings. The van der Waals surface area contributed by atoms with Crippen LogP contribution < -0.4 is 9.64 Å². The van der Waals surface area contributed by atoms with Gasteiger partial charge in [0.15, 0.2) is 5.76 Å². The Kier molecular flexibility index (Phi) is 6.82. The van der Waals surface area contributed by atoms with E-state index in [1.807, 2.05) is 42.5 Å². The second-order valence-electron chi connectivity index (χ2n) is 8.86. The molecule has 5 heteroatoms. The third kappa shape index (κ3) is 4.80. The van der Waals surface area contributed by atoms with Crippen LogP contribution in [-0.4, -0.2) is 32.8 Å². The SMILES string of the molecule is Cc1ccc(C2=C(Cl)/C(=C\C[NH+]3CCOCC3)[C@H](c3ccc(F)cc3)c3ccccc3O2)cc1. The first kappa shape index (κ1) is 22.9. The molecule has 1 fully saturated rings. The Balaban J connectivity index is 1.68. The van der Waals surface area contributed by atoms with Crippen molar-refractivity contribution in [2.24, 2.45) is 0 Å². The largest absolute Gasteiger partial charge is 0.455 e. The van der Waals surface area contributed by atoms with Crippen molar-refractivity contribution in [3.8, 4) is 5.75 Å². The number of quaternary nitrogens is 1. The normalized spacial score (nSPS) is 20.1. The van der Waals surface area contributed by atoms with Crippen LogP contribution in [0.5, 0.6) is 5.75 Å². The third-order valence-corrected chi connectivity index (χ3v) is 6.92. The van der Waals surface area contributed by atoms with Crippen LogP contribution in [0.1, 0.15) is 28.2 Å². The highest BCUT2D eigenvalue weighted by atomic mass is 35.5. The first-order valence-electron chi connectivity index (χ1n) is 11.7. The maximum atomic E-state index is 13.8. The van der Waals surface area contributed by atoms with Gasteiger partial charge in [0.1, 0.15) is 24.7 Å². The maximum Gasteiger partial charge on any atom is 0.153 e. The molecule has 0 unspecified atom stereocenters. The van der Waals surface area contributed by atoms with E-state index in [-0.39, 0.29) is 11.7 Å². The number of ether oxygens (including phenoxy) is 2. The molecule has 34 heavy (non-hydrogen) atoms. The summed E-state index contributed by atoms with van der Waals surface area (Å²) in [5.41, 5.74) is 5.06. The number of hydrogen-bond acceptors (Lipinski definition) is 2. The van der Waals surface area contributed by atoms with Crippen LogP contribution in [0, 0.1) is 12.7 Å². The van der Waals surface area contributed by atoms with Crippen molar-refractivity contribution in [2.45, 2.75) is 12.8 Å². The van der Waals surface area contributed by atoms with Crippen LogP contribution in [0.25, 0.3) is 5.76 Å². The van der Waals surface area contributed by atoms with Crippen LogP contribution in [-0.2, 0) is 4.74 Å². The highest BCUT2D eigenvalue weighted by Crippen LogP contribution is 2.47. The zero-order chi connectivity index (χ0) is 23.5. The number of fused-ring (bicyclic) bond motifs is 1. The van der Waals surface area contributed by atoms with Gasteiger partial charge in [-0.25, -0.2) is 4.39 Å². The quantitative estimate of drug-likeness (QED) is 0.565. The average molecular weight is 477 g/mol. The van der Waals surface area contributed by atoms with E-state index in [0.717, 1.165) is 60.9 Å². The lowest BCUT2D eigenvalue weighted by Gasteiger charge is -2.24. The number of morpholine rings is 1. The second kappa shape index (κ2) is 10.1. The summed E-state index contributed by atoms with van der Waals surface area (Å²) in [5, 5.41) is 0.585. The molecule has 1 N–H and O–H groups in total. The molecule has 0 amide bonds. The van der Waals surface area contributed by atoms with Gasteiger partial charge in [-0.15, -0.1) is 0 Å². The summed E-state index contributed by atoms with van der Waals surface area (Å²) in [6.07, 6.45) is 2.23. The predicted molar refractivity (Wildman–Crippen MR) is 134 cm³/mol. The monoisotopic (exact) mass is 476 g/mol. The summed E-state index contributed by atoms with van der Waals surface area (Å²) in [4.78, 5) is 1.46. The van der Waals surface area contributed by atoms with Gasteiger partial charge in [0.2, 0.25) is 0 Å². The fourth-order valence-corrected chi connectivity index (χ4v) is 4.96. The van der Waals surface area contributed by atoms with Gasteiger partial charge >= 0.3 is 0 Å². The van der Waals surface area contributed by atoms with Crippen molar-refractivity contribution in [1.29, 1.82) is 0 Å². The van der Waals surface area contributed by atoms with Gasteiger partial charge in [0.05, 0.1) is 24.8 Å². The summed E-state index contributed by atoms with van der Waals surface area (Å²) < 4.78 is 25.9. The summed E-state index contributed by atoms with van der Waals surface area (Å²) in [5.74, 6) is 0.967. The summed E-state index contributed by atoms with van der Waals surface area (Å²) in [7, 11) is 0. The first-order valence-corrected chi connectivity index (χ1v) is 12.1. The van der Waals surface area contributed by atoms with Crippen molar-refractivity contribution in [2.75, 3.05) is 32.8 Å². The van der Waals surface area contributed by atoms with E-state index in [2.05, 4.69) is 31.2 Å². The Labute approximate surface area is 205 Å². The minimum absolute atomic E-state index is 0.173. The molecule has 0 saturated carbocycles. The standard InChI is InChI=1S/C29H27ClFNO2/c1-20-6-8-22(9-7-20)29-28(30)25(14-15-32-16-18-33-19-17-32)27(21-10-12-23(31)13-11-21)24-4-2-3-5-26(24)34-29/h2-14,27H,15-19H2,1H3/p+1/b25-14-/t27-/m1/s1. The van der Waals surface area contributed by atoms with Crippen molar-refractivity contribution >= 4 is 17.4 Å². The van der Waals surface area contributed by atoms with E-state index in [9.17, 15) is 4.39 Å². The van der Waals surface area contributed by atoms with Crippen LogP contribution in [0.2, 0.25) is 0 Å². The van der Waals surface area contributed by atoms with Crippen LogP contribution >= 0.6 is 11.6 Å². The lowest BCUT2D eigenvalue weighted by atomic mass is 9.83. The van der Waals surface area contributed by atoms with E-state index in [0.29, 0.717) is 10.8 Å². The van der Waals surface area contributed by atoms with E-state index < -0.39 is 0 Å². The number of aryl methyl sites for hydroxylation is 1. The molecule has 0 radical (unpaired) electrons. The number of para-hydroxylation sites is 1. The lowest BCUT2D eigenvalue weighted by Crippen LogP contribution is -3.13. The number of nitrogens with one attached hydrogen (secondary N) is 1. The highest BCUT2D eigenvalue weighted by Gasteiger charge is 2.31. The number of rotatable bonds is 4. The Morgan fingerprint density at radius 2 is 1.68 bits per heavy atom. The smallest absolute Gasteiger partial charge is 0.153 e. The van der Waals surface area contributed by atoms with Gasteiger partial charge in [0, 0.05) is 17.0 Å². The van der Waals surface area contributed by atoms with E-state index >= 15 is 0 Å². The molecule has 1 saturated heterocycles. The Hall–Kier alpha value is -2.92. The minimum Gasteiger partial charge on any atom is -0.455 e. The topological polar surface area (TPSA) is 22.9 Å². The second-order valence-corrected chi connectivity index (χ2v) is 9.24. The molecule has 1 atom stereocenters. The predicted octanol–water partition coefficient (Wildman–Crippen LogP) is 5.11. The van der Waals surface area contributed by atoms with Crippen molar-refractivity contribution in [3.63, 3.8) is 0 Å².